The number of fused-ring (bicyclic) bond motifs is 9. The molecule has 0 spiro atoms. The lowest BCUT2D eigenvalue weighted by Gasteiger charge is -2.27. The highest BCUT2D eigenvalue weighted by molar-refractivity contribution is 6.27. The molecule has 62 heavy (non-hydrogen) atoms. The highest BCUT2D eigenvalue weighted by Crippen LogP contribution is 2.45. The van der Waals surface area contributed by atoms with Gasteiger partial charge in [-0.3, -0.25) is 0 Å². The van der Waals surface area contributed by atoms with Gasteiger partial charge >= 0.3 is 0 Å². The van der Waals surface area contributed by atoms with Crippen molar-refractivity contribution >= 4 is 99.5 Å². The van der Waals surface area contributed by atoms with E-state index in [-0.39, 0.29) is 0 Å². The van der Waals surface area contributed by atoms with Crippen LogP contribution in [0.15, 0.2) is 179 Å². The molecule has 0 saturated heterocycles. The average molecular weight is 805 g/mol. The summed E-state index contributed by atoms with van der Waals surface area (Å²) >= 11 is 0. The zero-order valence-corrected chi connectivity index (χ0v) is 36.0. The van der Waals surface area contributed by atoms with Crippen molar-refractivity contribution in [2.75, 3.05) is 9.80 Å². The molecule has 4 heteroatoms. The zero-order chi connectivity index (χ0) is 42.2. The van der Waals surface area contributed by atoms with Crippen LogP contribution in [0.3, 0.4) is 0 Å². The van der Waals surface area contributed by atoms with Gasteiger partial charge in [0.2, 0.25) is 0 Å². The van der Waals surface area contributed by atoms with Crippen molar-refractivity contribution in [2.24, 2.45) is 0 Å². The Morgan fingerprint density at radius 1 is 0.355 bits per heavy atom. The van der Waals surface area contributed by atoms with Gasteiger partial charge in [0, 0.05) is 55.7 Å². The van der Waals surface area contributed by atoms with Crippen molar-refractivity contribution in [3.05, 3.63) is 192 Å². The molecule has 0 bridgehead atoms. The maximum absolute atomic E-state index is 6.69. The van der Waals surface area contributed by atoms with Gasteiger partial charge in [0.25, 0.3) is 0 Å². The molecule has 0 saturated carbocycles. The Morgan fingerprint density at radius 2 is 0.742 bits per heavy atom. The molecule has 11 aromatic rings. The number of rotatable bonds is 8. The summed E-state index contributed by atoms with van der Waals surface area (Å²) in [4.78, 5) is 4.72. The van der Waals surface area contributed by atoms with Crippen LogP contribution in [0.25, 0.3) is 65.4 Å². The second kappa shape index (κ2) is 14.7. The van der Waals surface area contributed by atoms with Gasteiger partial charge in [-0.05, 0) is 167 Å². The van der Waals surface area contributed by atoms with E-state index in [2.05, 4.69) is 221 Å². The molecule has 0 amide bonds. The van der Waals surface area contributed by atoms with Gasteiger partial charge in [-0.1, -0.05) is 100 Å². The van der Waals surface area contributed by atoms with Gasteiger partial charge in [0.1, 0.15) is 22.3 Å². The van der Waals surface area contributed by atoms with Crippen molar-refractivity contribution < 1.29 is 8.83 Å². The predicted molar refractivity (Wildman–Crippen MR) is 263 cm³/mol. The predicted octanol–water partition coefficient (Wildman–Crippen LogP) is 17.6. The number of aryl methyl sites for hydroxylation is 2. The summed E-state index contributed by atoms with van der Waals surface area (Å²) in [5, 5.41) is 8.89. The molecule has 0 aliphatic carbocycles. The van der Waals surface area contributed by atoms with E-state index in [0.29, 0.717) is 11.8 Å². The van der Waals surface area contributed by atoms with Crippen molar-refractivity contribution in [1.82, 2.24) is 0 Å². The van der Waals surface area contributed by atoms with Crippen LogP contribution in [-0.2, 0) is 0 Å². The van der Waals surface area contributed by atoms with E-state index in [0.717, 1.165) is 99.5 Å². The molecule has 0 radical (unpaired) electrons. The molecule has 0 N–H and O–H groups in total. The summed E-state index contributed by atoms with van der Waals surface area (Å²) in [5.74, 6) is 0.938. The second-order valence-electron chi connectivity index (χ2n) is 17.5. The normalized spacial score (nSPS) is 12.0. The van der Waals surface area contributed by atoms with Gasteiger partial charge in [0.05, 0.1) is 0 Å². The molecule has 0 unspecified atom stereocenters. The minimum Gasteiger partial charge on any atom is -0.456 e. The Balaban J connectivity index is 1.03. The fourth-order valence-electron chi connectivity index (χ4n) is 9.37. The minimum atomic E-state index is 0.469. The quantitative estimate of drug-likeness (QED) is 0.153. The Morgan fingerprint density at radius 3 is 1.13 bits per heavy atom. The zero-order valence-electron chi connectivity index (χ0n) is 36.0. The maximum Gasteiger partial charge on any atom is 0.136 e. The molecule has 302 valence electrons. The van der Waals surface area contributed by atoms with Crippen LogP contribution in [0, 0.1) is 13.8 Å². The van der Waals surface area contributed by atoms with Crippen LogP contribution in [0.2, 0.25) is 0 Å². The fraction of sp³-hybridized carbons (Fsp3) is 0.138. The minimum absolute atomic E-state index is 0.469. The third-order valence-corrected chi connectivity index (χ3v) is 12.8. The molecule has 11 rings (SSSR count). The van der Waals surface area contributed by atoms with E-state index in [1.54, 1.807) is 0 Å². The first-order chi connectivity index (χ1) is 30.2. The van der Waals surface area contributed by atoms with Crippen LogP contribution in [0.4, 0.5) is 34.1 Å². The van der Waals surface area contributed by atoms with E-state index >= 15 is 0 Å². The summed E-state index contributed by atoms with van der Waals surface area (Å²) in [6.45, 7) is 13.3. The van der Waals surface area contributed by atoms with E-state index in [4.69, 9.17) is 8.83 Å². The van der Waals surface area contributed by atoms with E-state index < -0.39 is 0 Å². The highest BCUT2D eigenvalue weighted by Gasteiger charge is 2.21. The Labute approximate surface area is 362 Å². The lowest BCUT2D eigenvalue weighted by atomic mass is 10.00. The summed E-state index contributed by atoms with van der Waals surface area (Å²) in [7, 11) is 0. The number of benzene rings is 9. The van der Waals surface area contributed by atoms with Crippen LogP contribution >= 0.6 is 0 Å². The van der Waals surface area contributed by atoms with Crippen LogP contribution < -0.4 is 9.80 Å². The van der Waals surface area contributed by atoms with Crippen LogP contribution in [0.1, 0.15) is 61.8 Å². The molecule has 0 fully saturated rings. The van der Waals surface area contributed by atoms with Crippen molar-refractivity contribution in [2.45, 2.75) is 53.4 Å². The topological polar surface area (TPSA) is 32.8 Å². The van der Waals surface area contributed by atoms with Crippen LogP contribution in [0.5, 0.6) is 0 Å². The van der Waals surface area contributed by atoms with Gasteiger partial charge in [0.15, 0.2) is 0 Å². The van der Waals surface area contributed by atoms with Gasteiger partial charge in [-0.25, -0.2) is 0 Å². The summed E-state index contributed by atoms with van der Waals surface area (Å²) in [6.07, 6.45) is 0. The molecular formula is C58H48N2O2. The molecule has 0 aliphatic rings. The van der Waals surface area contributed by atoms with Crippen LogP contribution in [-0.4, -0.2) is 0 Å². The molecule has 9 aromatic carbocycles. The van der Waals surface area contributed by atoms with Gasteiger partial charge in [-0.15, -0.1) is 0 Å². The van der Waals surface area contributed by atoms with Gasteiger partial charge < -0.3 is 18.6 Å². The number of hydrogen-bond donors (Lipinski definition) is 0. The summed E-state index contributed by atoms with van der Waals surface area (Å²) in [6, 6.07) is 61.8. The van der Waals surface area contributed by atoms with E-state index in [9.17, 15) is 0 Å². The number of hydrogen-bond acceptors (Lipinski definition) is 4. The molecule has 0 atom stereocenters. The SMILES string of the molecule is Cc1ccccc1N(c1ccc(C(C)C)cc1)c1ccc2cc3c(cc2c1)oc1ccc2oc4cc5cc(N(c6ccc(C(C)C)cc6)c6ccccc6C)ccc5cc4c2c13. The Hall–Kier alpha value is -7.30. The molecule has 0 aliphatic heterocycles. The highest BCUT2D eigenvalue weighted by atomic mass is 16.3. The largest absolute Gasteiger partial charge is 0.456 e. The number of nitrogens with zero attached hydrogens (tertiary/aromatic N) is 2. The fourth-order valence-corrected chi connectivity index (χ4v) is 9.37. The number of anilines is 6. The molecular weight excluding hydrogens is 757 g/mol. The average Bonchev–Trinajstić information content (AvgIpc) is 3.83. The molecule has 4 nitrogen and oxygen atoms in total. The Bertz CT molecular complexity index is 3260. The lowest BCUT2D eigenvalue weighted by Crippen LogP contribution is -2.11. The monoisotopic (exact) mass is 804 g/mol. The van der Waals surface area contributed by atoms with Crippen molar-refractivity contribution in [3.8, 4) is 0 Å². The second-order valence-corrected chi connectivity index (χ2v) is 17.5. The summed E-state index contributed by atoms with van der Waals surface area (Å²) < 4.78 is 13.4. The van der Waals surface area contributed by atoms with Crippen molar-refractivity contribution in [3.63, 3.8) is 0 Å². The molecule has 2 heterocycles. The third kappa shape index (κ3) is 6.29. The lowest BCUT2D eigenvalue weighted by molar-refractivity contribution is 0.663. The Kier molecular flexibility index (Phi) is 8.94. The van der Waals surface area contributed by atoms with E-state index in [1.807, 2.05) is 0 Å². The smallest absolute Gasteiger partial charge is 0.136 e. The van der Waals surface area contributed by atoms with Gasteiger partial charge in [-0.2, -0.15) is 0 Å². The first-order valence-corrected chi connectivity index (χ1v) is 21.8. The molecule has 2 aromatic heterocycles. The van der Waals surface area contributed by atoms with Crippen molar-refractivity contribution in [1.29, 1.82) is 0 Å². The third-order valence-electron chi connectivity index (χ3n) is 12.8. The first kappa shape index (κ1) is 37.7. The standard InChI is InChI=1S/C58H48N2O2/c1-35(2)39-15-21-45(22-16-39)59(51-13-9-7-11-37(51)5)47-25-19-41-31-49-55(33-43(41)29-47)61-53-27-28-54-58(57(49)53)50-32-42-20-26-48(30-44(42)34-56(50)62-54)60(52-14-10-8-12-38(52)6)46-23-17-40(18-24-46)36(3)4/h7-36H,1-6H3. The summed E-state index contributed by atoms with van der Waals surface area (Å²) in [5.41, 5.74) is 15.3. The number of furan rings is 2. The number of para-hydroxylation sites is 2. The van der Waals surface area contributed by atoms with E-state index in [1.165, 1.54) is 22.3 Å². The first-order valence-electron chi connectivity index (χ1n) is 21.8. The maximum atomic E-state index is 6.69.